The zero-order valence-corrected chi connectivity index (χ0v) is 19.2. The maximum absolute atomic E-state index is 13.1. The van der Waals surface area contributed by atoms with Crippen LogP contribution in [0, 0.1) is 10.1 Å². The minimum atomic E-state index is -0.597. The van der Waals surface area contributed by atoms with E-state index < -0.39 is 10.3 Å². The molecule has 1 heterocycles. The van der Waals surface area contributed by atoms with Gasteiger partial charge >= 0.3 is 0 Å². The molecule has 1 aliphatic heterocycles. The normalized spacial score (nSPS) is 14.6. The number of methoxy groups -OCH3 is 1. The number of nitrogens with one attached hydrogen (secondary N) is 1. The largest absolute Gasteiger partial charge is 0.495 e. The number of anilines is 1. The lowest BCUT2D eigenvalue weighted by atomic mass is 9.83. The fourth-order valence-electron chi connectivity index (χ4n) is 3.93. The second kappa shape index (κ2) is 10.4. The Morgan fingerprint density at radius 1 is 1.09 bits per heavy atom. The molecule has 2 aromatic carbocycles. The van der Waals surface area contributed by atoms with Crippen LogP contribution in [0.3, 0.4) is 0 Å². The minimum absolute atomic E-state index is 0.101. The van der Waals surface area contributed by atoms with Crippen LogP contribution in [0.15, 0.2) is 48.5 Å². The van der Waals surface area contributed by atoms with E-state index in [-0.39, 0.29) is 29.6 Å². The van der Waals surface area contributed by atoms with E-state index in [1.54, 1.807) is 0 Å². The number of amides is 2. The average Bonchev–Trinajstić information content (AvgIpc) is 2.83. The fraction of sp³-hybridized carbons (Fsp3) is 0.417. The number of rotatable bonds is 8. The van der Waals surface area contributed by atoms with Gasteiger partial charge in [0.1, 0.15) is 5.75 Å². The van der Waals surface area contributed by atoms with Crippen molar-refractivity contribution in [3.63, 3.8) is 0 Å². The van der Waals surface area contributed by atoms with Gasteiger partial charge in [-0.05, 0) is 25.5 Å². The van der Waals surface area contributed by atoms with Crippen LogP contribution in [0.4, 0.5) is 11.4 Å². The lowest BCUT2D eigenvalue weighted by Crippen LogP contribution is -2.53. The van der Waals surface area contributed by atoms with Crippen molar-refractivity contribution in [2.45, 2.75) is 25.7 Å². The first-order chi connectivity index (χ1) is 15.7. The van der Waals surface area contributed by atoms with Crippen molar-refractivity contribution in [3.05, 3.63) is 64.2 Å². The summed E-state index contributed by atoms with van der Waals surface area (Å²) in [7, 11) is 1.44. The number of nitrogens with zero attached hydrogens (tertiary/aromatic N) is 3. The monoisotopic (exact) mass is 454 g/mol. The number of non-ortho nitro benzene ring substituents is 1. The number of hydrogen-bond acceptors (Lipinski definition) is 6. The van der Waals surface area contributed by atoms with Gasteiger partial charge < -0.3 is 15.0 Å². The third-order valence-electron chi connectivity index (χ3n) is 6.01. The van der Waals surface area contributed by atoms with Crippen LogP contribution >= 0.6 is 0 Å². The first kappa shape index (κ1) is 24.2. The lowest BCUT2D eigenvalue weighted by molar-refractivity contribution is -0.384. The second-order valence-corrected chi connectivity index (χ2v) is 8.56. The molecule has 3 rings (SSSR count). The van der Waals surface area contributed by atoms with Crippen molar-refractivity contribution in [3.8, 4) is 5.75 Å². The molecule has 0 aromatic heterocycles. The number of carbonyl (C=O) groups is 2. The van der Waals surface area contributed by atoms with E-state index in [9.17, 15) is 19.7 Å². The molecule has 1 fully saturated rings. The summed E-state index contributed by atoms with van der Waals surface area (Å²) < 4.78 is 5.18. The molecule has 176 valence electrons. The summed E-state index contributed by atoms with van der Waals surface area (Å²) in [6.07, 6.45) is 0.231. The molecule has 9 heteroatoms. The Balaban J connectivity index is 1.50. The summed E-state index contributed by atoms with van der Waals surface area (Å²) in [6.45, 7) is 7.01. The van der Waals surface area contributed by atoms with Crippen molar-refractivity contribution in [2.24, 2.45) is 0 Å². The van der Waals surface area contributed by atoms with E-state index in [1.165, 1.54) is 25.3 Å². The van der Waals surface area contributed by atoms with E-state index >= 15 is 0 Å². The van der Waals surface area contributed by atoms with E-state index in [4.69, 9.17) is 4.74 Å². The predicted molar refractivity (Wildman–Crippen MR) is 125 cm³/mol. The molecule has 0 atom stereocenters. The molecule has 9 nitrogen and oxygen atoms in total. The van der Waals surface area contributed by atoms with Gasteiger partial charge in [0.15, 0.2) is 0 Å². The van der Waals surface area contributed by atoms with E-state index in [1.807, 2.05) is 49.1 Å². The van der Waals surface area contributed by atoms with Crippen molar-refractivity contribution in [1.82, 2.24) is 9.80 Å². The molecule has 1 aliphatic rings. The number of ether oxygens (including phenoxy) is 1. The first-order valence-corrected chi connectivity index (χ1v) is 10.9. The van der Waals surface area contributed by atoms with Crippen LogP contribution in [0.5, 0.6) is 5.75 Å². The highest BCUT2D eigenvalue weighted by Crippen LogP contribution is 2.29. The summed E-state index contributed by atoms with van der Waals surface area (Å²) >= 11 is 0. The minimum Gasteiger partial charge on any atom is -0.495 e. The third kappa shape index (κ3) is 5.87. The summed E-state index contributed by atoms with van der Waals surface area (Å²) in [4.78, 5) is 40.1. The van der Waals surface area contributed by atoms with Crippen LogP contribution in [0.2, 0.25) is 0 Å². The molecule has 0 aliphatic carbocycles. The van der Waals surface area contributed by atoms with Crippen LogP contribution in [-0.2, 0) is 15.0 Å². The molecule has 0 bridgehead atoms. The number of benzene rings is 2. The van der Waals surface area contributed by atoms with Gasteiger partial charge in [-0.15, -0.1) is 0 Å². The van der Waals surface area contributed by atoms with Gasteiger partial charge in [-0.3, -0.25) is 24.6 Å². The topological polar surface area (TPSA) is 105 Å². The fourth-order valence-corrected chi connectivity index (χ4v) is 3.93. The average molecular weight is 455 g/mol. The Bertz CT molecular complexity index is 1000. The Kier molecular flexibility index (Phi) is 7.65. The molecule has 2 aromatic rings. The zero-order valence-electron chi connectivity index (χ0n) is 19.2. The zero-order chi connectivity index (χ0) is 24.0. The predicted octanol–water partition coefficient (Wildman–Crippen LogP) is 3.05. The molecule has 33 heavy (non-hydrogen) atoms. The Hall–Kier alpha value is -3.46. The smallest absolute Gasteiger partial charge is 0.271 e. The highest BCUT2D eigenvalue weighted by atomic mass is 16.6. The van der Waals surface area contributed by atoms with Crippen LogP contribution in [-0.4, -0.2) is 66.4 Å². The number of hydrogen-bond donors (Lipinski definition) is 1. The molecule has 0 saturated carbocycles. The summed E-state index contributed by atoms with van der Waals surface area (Å²) in [6, 6.07) is 13.8. The standard InChI is InChI=1S/C24H30N4O5/c1-24(2,18-7-5-4-6-8-18)23(30)27-15-13-26(14-16-27)12-11-22(29)25-20-17-19(28(31)32)9-10-21(20)33-3/h4-10,17H,11-16H2,1-3H3,(H,25,29). The Labute approximate surface area is 193 Å². The van der Waals surface area contributed by atoms with Gasteiger partial charge in [-0.25, -0.2) is 0 Å². The van der Waals surface area contributed by atoms with Crippen molar-refractivity contribution in [2.75, 3.05) is 45.2 Å². The number of piperazine rings is 1. The van der Waals surface area contributed by atoms with Gasteiger partial charge in [0.05, 0.1) is 23.1 Å². The van der Waals surface area contributed by atoms with E-state index in [2.05, 4.69) is 10.2 Å². The van der Waals surface area contributed by atoms with Gasteiger partial charge in [0.25, 0.3) is 5.69 Å². The van der Waals surface area contributed by atoms with Crippen LogP contribution in [0.25, 0.3) is 0 Å². The molecular formula is C24H30N4O5. The summed E-state index contributed by atoms with van der Waals surface area (Å²) in [5.74, 6) is 0.212. The molecular weight excluding hydrogens is 424 g/mol. The summed E-state index contributed by atoms with van der Waals surface area (Å²) in [5, 5.41) is 13.7. The van der Waals surface area contributed by atoms with Gasteiger partial charge in [0, 0.05) is 51.3 Å². The lowest BCUT2D eigenvalue weighted by Gasteiger charge is -2.38. The summed E-state index contributed by atoms with van der Waals surface area (Å²) in [5.41, 5.74) is 0.548. The maximum atomic E-state index is 13.1. The highest BCUT2D eigenvalue weighted by Gasteiger charge is 2.35. The number of carbonyl (C=O) groups excluding carboxylic acids is 2. The third-order valence-corrected chi connectivity index (χ3v) is 6.01. The van der Waals surface area contributed by atoms with Gasteiger partial charge in [0.2, 0.25) is 11.8 Å². The first-order valence-electron chi connectivity index (χ1n) is 10.9. The van der Waals surface area contributed by atoms with Gasteiger partial charge in [-0.2, -0.15) is 0 Å². The molecule has 0 unspecified atom stereocenters. The molecule has 0 radical (unpaired) electrons. The quantitative estimate of drug-likeness (QED) is 0.486. The SMILES string of the molecule is COc1ccc([N+](=O)[O-])cc1NC(=O)CCN1CCN(C(=O)C(C)(C)c2ccccc2)CC1. The van der Waals surface area contributed by atoms with Gasteiger partial charge in [-0.1, -0.05) is 30.3 Å². The van der Waals surface area contributed by atoms with Crippen LogP contribution < -0.4 is 10.1 Å². The number of nitro groups is 1. The molecule has 1 saturated heterocycles. The molecule has 1 N–H and O–H groups in total. The Morgan fingerprint density at radius 2 is 1.76 bits per heavy atom. The van der Waals surface area contributed by atoms with E-state index in [0.717, 1.165) is 5.56 Å². The van der Waals surface area contributed by atoms with Crippen molar-refractivity contribution < 1.29 is 19.2 Å². The molecule has 0 spiro atoms. The highest BCUT2D eigenvalue weighted by molar-refractivity contribution is 5.93. The Morgan fingerprint density at radius 3 is 2.36 bits per heavy atom. The molecule has 2 amide bonds. The van der Waals surface area contributed by atoms with Crippen molar-refractivity contribution in [1.29, 1.82) is 0 Å². The van der Waals surface area contributed by atoms with Crippen molar-refractivity contribution >= 4 is 23.2 Å². The second-order valence-electron chi connectivity index (χ2n) is 8.56. The maximum Gasteiger partial charge on any atom is 0.271 e. The van der Waals surface area contributed by atoms with Crippen LogP contribution in [0.1, 0.15) is 25.8 Å². The number of nitro benzene ring substituents is 1. The van der Waals surface area contributed by atoms with E-state index in [0.29, 0.717) is 38.5 Å².